The van der Waals surface area contributed by atoms with Gasteiger partial charge in [0, 0.05) is 23.0 Å². The summed E-state index contributed by atoms with van der Waals surface area (Å²) < 4.78 is 27.5. The fraction of sp³-hybridized carbons (Fsp3) is 0.278. The molecule has 1 aliphatic rings. The molecule has 1 fully saturated rings. The van der Waals surface area contributed by atoms with Gasteiger partial charge in [-0.25, -0.2) is 8.78 Å². The first-order valence-electron chi connectivity index (χ1n) is 7.77. The lowest BCUT2D eigenvalue weighted by Crippen LogP contribution is -2.50. The lowest BCUT2D eigenvalue weighted by atomic mass is 9.85. The highest BCUT2D eigenvalue weighted by molar-refractivity contribution is 9.10. The number of hydrogen-bond donors (Lipinski definition) is 2. The predicted octanol–water partition coefficient (Wildman–Crippen LogP) is 4.02. The van der Waals surface area contributed by atoms with Gasteiger partial charge in [0.2, 0.25) is 0 Å². The highest BCUT2D eigenvalue weighted by Crippen LogP contribution is 2.27. The van der Waals surface area contributed by atoms with Crippen LogP contribution in [-0.2, 0) is 0 Å². The van der Waals surface area contributed by atoms with Crippen LogP contribution < -0.4 is 10.6 Å². The quantitative estimate of drug-likeness (QED) is 0.770. The molecule has 2 aromatic rings. The van der Waals surface area contributed by atoms with E-state index in [9.17, 15) is 13.6 Å². The van der Waals surface area contributed by atoms with E-state index < -0.39 is 11.6 Å². The van der Waals surface area contributed by atoms with Crippen molar-refractivity contribution >= 4 is 34.2 Å². The van der Waals surface area contributed by atoms with E-state index in [-0.39, 0.29) is 30.3 Å². The molecule has 0 bridgehead atoms. The first-order valence-corrected chi connectivity index (χ1v) is 8.56. The molecule has 3 rings (SSSR count). The topological polar surface area (TPSA) is 41.1 Å². The molecule has 2 atom stereocenters. The number of amides is 1. The van der Waals surface area contributed by atoms with Gasteiger partial charge in [0.05, 0.1) is 5.56 Å². The SMILES string of the molecule is Cl.O=C(NC1CNCCC1c1ccc(F)c(F)c1)c1ccccc1Br. The molecule has 3 nitrogen and oxygen atoms in total. The third-order valence-corrected chi connectivity index (χ3v) is 4.98. The summed E-state index contributed by atoms with van der Waals surface area (Å²) in [6, 6.07) is 10.9. The van der Waals surface area contributed by atoms with Gasteiger partial charge in [-0.05, 0) is 58.7 Å². The van der Waals surface area contributed by atoms with Crippen molar-refractivity contribution in [2.75, 3.05) is 13.1 Å². The zero-order valence-corrected chi connectivity index (χ0v) is 15.7. The summed E-state index contributed by atoms with van der Waals surface area (Å²) in [6.45, 7) is 1.35. The molecule has 7 heteroatoms. The number of nitrogens with one attached hydrogen (secondary N) is 2. The van der Waals surface area contributed by atoms with Gasteiger partial charge < -0.3 is 10.6 Å². The van der Waals surface area contributed by atoms with E-state index in [2.05, 4.69) is 26.6 Å². The van der Waals surface area contributed by atoms with Gasteiger partial charge in [-0.15, -0.1) is 12.4 Å². The monoisotopic (exact) mass is 430 g/mol. The van der Waals surface area contributed by atoms with Crippen molar-refractivity contribution in [3.05, 3.63) is 69.7 Å². The Morgan fingerprint density at radius 2 is 1.92 bits per heavy atom. The first kappa shape index (κ1) is 19.8. The molecular formula is C18H18BrClF2N2O. The number of carbonyl (C=O) groups is 1. The maximum Gasteiger partial charge on any atom is 0.252 e. The maximum atomic E-state index is 13.6. The fourth-order valence-electron chi connectivity index (χ4n) is 3.04. The smallest absolute Gasteiger partial charge is 0.252 e. The second kappa shape index (κ2) is 8.74. The minimum absolute atomic E-state index is 0. The molecule has 1 heterocycles. The number of carbonyl (C=O) groups excluding carboxylic acids is 1. The van der Waals surface area contributed by atoms with Gasteiger partial charge in [-0.3, -0.25) is 4.79 Å². The Morgan fingerprint density at radius 1 is 1.16 bits per heavy atom. The Labute approximate surface area is 159 Å². The lowest BCUT2D eigenvalue weighted by molar-refractivity contribution is 0.0923. The molecule has 134 valence electrons. The zero-order chi connectivity index (χ0) is 17.1. The molecule has 1 amide bonds. The summed E-state index contributed by atoms with van der Waals surface area (Å²) in [6.07, 6.45) is 0.742. The van der Waals surface area contributed by atoms with Crippen molar-refractivity contribution in [1.82, 2.24) is 10.6 Å². The second-order valence-electron chi connectivity index (χ2n) is 5.83. The van der Waals surface area contributed by atoms with Crippen molar-refractivity contribution in [2.45, 2.75) is 18.4 Å². The minimum Gasteiger partial charge on any atom is -0.347 e. The fourth-order valence-corrected chi connectivity index (χ4v) is 3.51. The molecule has 2 unspecified atom stereocenters. The summed E-state index contributed by atoms with van der Waals surface area (Å²) in [5.41, 5.74) is 1.25. The van der Waals surface area contributed by atoms with E-state index >= 15 is 0 Å². The number of benzene rings is 2. The van der Waals surface area contributed by atoms with Crippen LogP contribution in [0.2, 0.25) is 0 Å². The van der Waals surface area contributed by atoms with Crippen LogP contribution in [0.3, 0.4) is 0 Å². The molecule has 0 radical (unpaired) electrons. The van der Waals surface area contributed by atoms with Crippen LogP contribution >= 0.6 is 28.3 Å². The van der Waals surface area contributed by atoms with Crippen LogP contribution in [0.15, 0.2) is 46.9 Å². The average Bonchev–Trinajstić information content (AvgIpc) is 2.58. The van der Waals surface area contributed by atoms with Gasteiger partial charge in [-0.2, -0.15) is 0 Å². The van der Waals surface area contributed by atoms with Gasteiger partial charge in [0.25, 0.3) is 5.91 Å². The molecule has 0 aliphatic carbocycles. The summed E-state index contributed by atoms with van der Waals surface area (Å²) >= 11 is 3.37. The lowest BCUT2D eigenvalue weighted by Gasteiger charge is -2.33. The summed E-state index contributed by atoms with van der Waals surface area (Å²) in [5, 5.41) is 6.25. The number of rotatable bonds is 3. The second-order valence-corrected chi connectivity index (χ2v) is 6.69. The Balaban J connectivity index is 0.00000225. The van der Waals surface area contributed by atoms with Crippen molar-refractivity contribution in [1.29, 1.82) is 0 Å². The molecule has 0 aromatic heterocycles. The molecule has 0 spiro atoms. The van der Waals surface area contributed by atoms with Crippen LogP contribution in [-0.4, -0.2) is 25.0 Å². The molecule has 0 saturated carbocycles. The van der Waals surface area contributed by atoms with Gasteiger partial charge in [0.15, 0.2) is 11.6 Å². The van der Waals surface area contributed by atoms with Gasteiger partial charge >= 0.3 is 0 Å². The summed E-state index contributed by atoms with van der Waals surface area (Å²) in [5.74, 6) is -1.97. The van der Waals surface area contributed by atoms with Crippen LogP contribution in [0.5, 0.6) is 0 Å². The van der Waals surface area contributed by atoms with E-state index in [0.29, 0.717) is 17.7 Å². The average molecular weight is 432 g/mol. The van der Waals surface area contributed by atoms with Crippen molar-refractivity contribution in [3.8, 4) is 0 Å². The molecule has 1 saturated heterocycles. The van der Waals surface area contributed by atoms with E-state index in [1.165, 1.54) is 6.07 Å². The standard InChI is InChI=1S/C18H17BrF2N2O.ClH/c19-14-4-2-1-3-13(14)18(24)23-17-10-22-8-7-12(17)11-5-6-15(20)16(21)9-11;/h1-6,9,12,17,22H,7-8,10H2,(H,23,24);1H. The van der Waals surface area contributed by atoms with Gasteiger partial charge in [0.1, 0.15) is 0 Å². The predicted molar refractivity (Wildman–Crippen MR) is 99.2 cm³/mol. The third-order valence-electron chi connectivity index (χ3n) is 4.29. The summed E-state index contributed by atoms with van der Waals surface area (Å²) in [4.78, 5) is 12.5. The zero-order valence-electron chi connectivity index (χ0n) is 13.3. The maximum absolute atomic E-state index is 13.6. The van der Waals surface area contributed by atoms with E-state index in [1.54, 1.807) is 24.3 Å². The Bertz CT molecular complexity index is 760. The normalized spacial score (nSPS) is 19.8. The van der Waals surface area contributed by atoms with Crippen LogP contribution in [0.25, 0.3) is 0 Å². The number of piperidine rings is 1. The molecule has 25 heavy (non-hydrogen) atoms. The van der Waals surface area contributed by atoms with Crippen molar-refractivity contribution in [2.24, 2.45) is 0 Å². The highest BCUT2D eigenvalue weighted by atomic mass is 79.9. The van der Waals surface area contributed by atoms with E-state index in [4.69, 9.17) is 0 Å². The molecule has 1 aliphatic heterocycles. The van der Waals surface area contributed by atoms with Crippen molar-refractivity contribution < 1.29 is 13.6 Å². The molecule has 2 aromatic carbocycles. The number of halogens is 4. The molecular weight excluding hydrogens is 414 g/mol. The Kier molecular flexibility index (Phi) is 6.93. The third kappa shape index (κ3) is 4.57. The number of hydrogen-bond acceptors (Lipinski definition) is 2. The Hall–Kier alpha value is -1.50. The molecule has 2 N–H and O–H groups in total. The largest absolute Gasteiger partial charge is 0.347 e. The summed E-state index contributed by atoms with van der Waals surface area (Å²) in [7, 11) is 0. The van der Waals surface area contributed by atoms with Crippen molar-refractivity contribution in [3.63, 3.8) is 0 Å². The Morgan fingerprint density at radius 3 is 2.64 bits per heavy atom. The van der Waals surface area contributed by atoms with Crippen LogP contribution in [0.4, 0.5) is 8.78 Å². The van der Waals surface area contributed by atoms with Crippen LogP contribution in [0, 0.1) is 11.6 Å². The van der Waals surface area contributed by atoms with E-state index in [1.807, 2.05) is 6.07 Å². The highest BCUT2D eigenvalue weighted by Gasteiger charge is 2.29. The first-order chi connectivity index (χ1) is 11.6. The van der Waals surface area contributed by atoms with E-state index in [0.717, 1.165) is 23.5 Å². The van der Waals surface area contributed by atoms with Gasteiger partial charge in [-0.1, -0.05) is 18.2 Å². The van der Waals surface area contributed by atoms with Crippen LogP contribution in [0.1, 0.15) is 28.3 Å². The minimum atomic E-state index is -0.860.